The van der Waals surface area contributed by atoms with E-state index in [-0.39, 0.29) is 22.9 Å². The van der Waals surface area contributed by atoms with Crippen LogP contribution in [0.15, 0.2) is 17.8 Å². The van der Waals surface area contributed by atoms with Gasteiger partial charge >= 0.3 is 0 Å². The number of rotatable bonds is 2. The van der Waals surface area contributed by atoms with Crippen LogP contribution in [-0.2, 0) is 4.79 Å². The number of aromatic nitrogens is 3. The van der Waals surface area contributed by atoms with Gasteiger partial charge in [-0.25, -0.2) is 4.98 Å². The summed E-state index contributed by atoms with van der Waals surface area (Å²) in [5, 5.41) is 15.5. The van der Waals surface area contributed by atoms with Gasteiger partial charge in [-0.1, -0.05) is 18.0 Å². The molecule has 2 unspecified atom stereocenters. The maximum Gasteiger partial charge on any atom is 0.237 e. The van der Waals surface area contributed by atoms with Gasteiger partial charge in [-0.3, -0.25) is 4.79 Å². The fourth-order valence-electron chi connectivity index (χ4n) is 2.07. The summed E-state index contributed by atoms with van der Waals surface area (Å²) in [7, 11) is 0. The third-order valence-corrected chi connectivity index (χ3v) is 3.49. The van der Waals surface area contributed by atoms with Crippen LogP contribution in [0.2, 0.25) is 0 Å². The first-order valence-corrected chi connectivity index (χ1v) is 5.93. The average molecular weight is 257 g/mol. The van der Waals surface area contributed by atoms with E-state index in [1.165, 1.54) is 12.7 Å². The van der Waals surface area contributed by atoms with Crippen molar-refractivity contribution in [2.45, 2.75) is 31.1 Å². The molecule has 0 saturated heterocycles. The highest BCUT2D eigenvalue weighted by Crippen LogP contribution is 2.29. The summed E-state index contributed by atoms with van der Waals surface area (Å²) in [4.78, 5) is 15.9. The molecular formula is C10H13ClN4O2. The highest BCUT2D eigenvalue weighted by Gasteiger charge is 2.33. The molecule has 1 aliphatic carbocycles. The van der Waals surface area contributed by atoms with Gasteiger partial charge in [-0.15, -0.1) is 11.6 Å². The molecular weight excluding hydrogens is 244 g/mol. The highest BCUT2D eigenvalue weighted by molar-refractivity contribution is 6.41. The Morgan fingerprint density at radius 2 is 2.24 bits per heavy atom. The molecule has 92 valence electrons. The molecule has 7 heteroatoms. The van der Waals surface area contributed by atoms with Gasteiger partial charge in [0.05, 0.1) is 0 Å². The van der Waals surface area contributed by atoms with Gasteiger partial charge in [0.2, 0.25) is 11.6 Å². The quantitative estimate of drug-likeness (QED) is 0.284. The largest absolute Gasteiger partial charge is 0.409 e. The topological polar surface area (TPSA) is 80.4 Å². The summed E-state index contributed by atoms with van der Waals surface area (Å²) in [6.07, 6.45) is 6.13. The minimum atomic E-state index is -0.305. The maximum atomic E-state index is 12.2. The van der Waals surface area contributed by atoms with E-state index in [0.29, 0.717) is 0 Å². The zero-order valence-corrected chi connectivity index (χ0v) is 9.92. The highest BCUT2D eigenvalue weighted by atomic mass is 35.5. The Hall–Kier alpha value is -1.43. The number of nitrogens with zero attached hydrogens (tertiary/aromatic N) is 4. The lowest BCUT2D eigenvalue weighted by molar-refractivity contribution is -0.117. The van der Waals surface area contributed by atoms with E-state index >= 15 is 0 Å². The second kappa shape index (κ2) is 5.27. The normalized spacial score (nSPS) is 25.8. The predicted octanol–water partition coefficient (Wildman–Crippen LogP) is 1.28. The van der Waals surface area contributed by atoms with Crippen molar-refractivity contribution in [2.75, 3.05) is 0 Å². The molecule has 0 spiro atoms. The number of carbonyl (C=O) groups excluding carboxylic acids is 1. The lowest BCUT2D eigenvalue weighted by Gasteiger charge is -2.25. The van der Waals surface area contributed by atoms with Gasteiger partial charge in [0, 0.05) is 11.3 Å². The summed E-state index contributed by atoms with van der Waals surface area (Å²) in [5.74, 6) is -0.710. The molecule has 0 bridgehead atoms. The van der Waals surface area contributed by atoms with Crippen molar-refractivity contribution in [3.8, 4) is 0 Å². The van der Waals surface area contributed by atoms with E-state index in [9.17, 15) is 4.79 Å². The lowest BCUT2D eigenvalue weighted by atomic mass is 9.85. The molecule has 1 N–H and O–H groups in total. The molecule has 2 atom stereocenters. The van der Waals surface area contributed by atoms with E-state index in [4.69, 9.17) is 16.8 Å². The van der Waals surface area contributed by atoms with Crippen LogP contribution < -0.4 is 0 Å². The minimum absolute atomic E-state index is 0.125. The van der Waals surface area contributed by atoms with Gasteiger partial charge in [0.15, 0.2) is 0 Å². The molecule has 0 aromatic carbocycles. The van der Waals surface area contributed by atoms with E-state index in [0.717, 1.165) is 30.4 Å². The van der Waals surface area contributed by atoms with Crippen molar-refractivity contribution >= 4 is 23.2 Å². The second-order valence-electron chi connectivity index (χ2n) is 4.03. The first kappa shape index (κ1) is 12.0. The standard InChI is InChI=1S/C10H13ClN4O2/c11-8-4-2-1-3-7(8)9(16)10(14-17)15-6-12-5-13-15/h5-8,17H,1-4H2/b14-10+. The van der Waals surface area contributed by atoms with E-state index in [1.807, 2.05) is 0 Å². The SMILES string of the molecule is O=C(/C(=N\O)n1cncn1)C1CCCCC1Cl. The number of carbonyl (C=O) groups is 1. The van der Waals surface area contributed by atoms with E-state index < -0.39 is 0 Å². The van der Waals surface area contributed by atoms with E-state index in [2.05, 4.69) is 15.2 Å². The Morgan fingerprint density at radius 1 is 1.47 bits per heavy atom. The van der Waals surface area contributed by atoms with Gasteiger partial charge in [0.1, 0.15) is 12.7 Å². The molecule has 1 heterocycles. The monoisotopic (exact) mass is 256 g/mol. The third-order valence-electron chi connectivity index (χ3n) is 2.97. The number of oxime groups is 1. The molecule has 1 aliphatic rings. The molecule has 1 aromatic rings. The van der Waals surface area contributed by atoms with Crippen LogP contribution in [0, 0.1) is 5.92 Å². The Morgan fingerprint density at radius 3 is 2.82 bits per heavy atom. The maximum absolute atomic E-state index is 12.2. The fourth-order valence-corrected chi connectivity index (χ4v) is 2.47. The van der Waals surface area contributed by atoms with Crippen molar-refractivity contribution in [1.82, 2.24) is 14.8 Å². The Bertz CT molecular complexity index is 418. The molecule has 6 nitrogen and oxygen atoms in total. The average Bonchev–Trinajstić information content (AvgIpc) is 2.84. The van der Waals surface area contributed by atoms with Crippen LogP contribution in [0.4, 0.5) is 0 Å². The smallest absolute Gasteiger partial charge is 0.237 e. The van der Waals surface area contributed by atoms with Crippen molar-refractivity contribution in [3.05, 3.63) is 12.7 Å². The lowest BCUT2D eigenvalue weighted by Crippen LogP contribution is -2.36. The minimum Gasteiger partial charge on any atom is -0.409 e. The zero-order valence-electron chi connectivity index (χ0n) is 9.16. The fraction of sp³-hybridized carbons (Fsp3) is 0.600. The number of halogens is 1. The van der Waals surface area contributed by atoms with Gasteiger partial charge in [-0.05, 0) is 12.8 Å². The van der Waals surface area contributed by atoms with Crippen molar-refractivity contribution in [3.63, 3.8) is 0 Å². The first-order chi connectivity index (χ1) is 8.24. The Balaban J connectivity index is 2.18. The third kappa shape index (κ3) is 2.46. The van der Waals surface area contributed by atoms with Gasteiger partial charge in [0.25, 0.3) is 0 Å². The van der Waals surface area contributed by atoms with Crippen LogP contribution in [-0.4, -0.2) is 37.0 Å². The summed E-state index contributed by atoms with van der Waals surface area (Å²) in [6.45, 7) is 0. The molecule has 1 saturated carbocycles. The van der Waals surface area contributed by atoms with Crippen LogP contribution >= 0.6 is 11.6 Å². The molecule has 1 aromatic heterocycles. The summed E-state index contributed by atoms with van der Waals surface area (Å²) >= 11 is 6.14. The van der Waals surface area contributed by atoms with Gasteiger partial charge < -0.3 is 5.21 Å². The molecule has 1 fully saturated rings. The Labute approximate surface area is 103 Å². The van der Waals surface area contributed by atoms with Crippen molar-refractivity contribution in [1.29, 1.82) is 0 Å². The number of hydrogen-bond donors (Lipinski definition) is 1. The molecule has 17 heavy (non-hydrogen) atoms. The van der Waals surface area contributed by atoms with Crippen molar-refractivity contribution in [2.24, 2.45) is 11.1 Å². The van der Waals surface area contributed by atoms with E-state index in [1.54, 1.807) is 0 Å². The number of hydrogen-bond acceptors (Lipinski definition) is 5. The molecule has 0 amide bonds. The van der Waals surface area contributed by atoms with Crippen molar-refractivity contribution < 1.29 is 10.0 Å². The second-order valence-corrected chi connectivity index (χ2v) is 4.60. The molecule has 2 rings (SSSR count). The summed E-state index contributed by atoms with van der Waals surface area (Å²) in [5.41, 5.74) is 0. The Kier molecular flexibility index (Phi) is 3.73. The van der Waals surface area contributed by atoms with Crippen LogP contribution in [0.1, 0.15) is 25.7 Å². The van der Waals surface area contributed by atoms with Gasteiger partial charge in [-0.2, -0.15) is 9.78 Å². The van der Waals surface area contributed by atoms with Crippen LogP contribution in [0.3, 0.4) is 0 Å². The molecule has 0 aliphatic heterocycles. The number of ketones is 1. The summed E-state index contributed by atoms with van der Waals surface area (Å²) in [6, 6.07) is 0. The first-order valence-electron chi connectivity index (χ1n) is 5.49. The predicted molar refractivity (Wildman–Crippen MR) is 61.2 cm³/mol. The summed E-state index contributed by atoms with van der Waals surface area (Å²) < 4.78 is 1.15. The van der Waals surface area contributed by atoms with Crippen LogP contribution in [0.25, 0.3) is 0 Å². The number of alkyl halides is 1. The van der Waals surface area contributed by atoms with Crippen LogP contribution in [0.5, 0.6) is 0 Å². The zero-order chi connectivity index (χ0) is 12.3. The number of Topliss-reactive ketones (excluding diaryl/α,β-unsaturated/α-hetero) is 1. The molecule has 0 radical (unpaired) electrons.